The Kier molecular flexibility index (Phi) is 3.52. The van der Waals surface area contributed by atoms with E-state index in [-0.39, 0.29) is 0 Å². The number of rotatable bonds is 2. The molecule has 1 aromatic carbocycles. The molecule has 0 unspecified atom stereocenters. The highest BCUT2D eigenvalue weighted by molar-refractivity contribution is 6.30. The van der Waals surface area contributed by atoms with E-state index in [1.54, 1.807) is 0 Å². The van der Waals surface area contributed by atoms with E-state index in [0.29, 0.717) is 16.7 Å². The van der Waals surface area contributed by atoms with Crippen LogP contribution in [-0.2, 0) is 4.79 Å². The number of hydrogen-bond donors (Lipinski definition) is 0. The van der Waals surface area contributed by atoms with Gasteiger partial charge in [0, 0.05) is 5.02 Å². The summed E-state index contributed by atoms with van der Waals surface area (Å²) in [7, 11) is 0. The van der Waals surface area contributed by atoms with Crippen molar-refractivity contribution < 1.29 is 18.0 Å². The lowest BCUT2D eigenvalue weighted by Gasteiger charge is -1.99. The summed E-state index contributed by atoms with van der Waals surface area (Å²) in [5, 5.41) is 0.481. The minimum Gasteiger partial charge on any atom is -0.285 e. The van der Waals surface area contributed by atoms with Gasteiger partial charge in [0.1, 0.15) is 0 Å². The van der Waals surface area contributed by atoms with Gasteiger partial charge in [-0.25, -0.2) is 0 Å². The molecule has 80 valence electrons. The molecule has 0 aromatic heterocycles. The second-order valence-electron chi connectivity index (χ2n) is 2.75. The molecule has 5 heteroatoms. The Balaban J connectivity index is 2.74. The maximum Gasteiger partial charge on any atom is 0.454 e. The first kappa shape index (κ1) is 11.8. The Morgan fingerprint density at radius 2 is 1.73 bits per heavy atom. The Morgan fingerprint density at radius 3 is 2.20 bits per heavy atom. The third-order valence-electron chi connectivity index (χ3n) is 1.58. The topological polar surface area (TPSA) is 17.1 Å². The van der Waals surface area contributed by atoms with Gasteiger partial charge in [-0.2, -0.15) is 13.2 Å². The number of halogens is 4. The maximum absolute atomic E-state index is 11.8. The zero-order valence-corrected chi connectivity index (χ0v) is 8.14. The van der Waals surface area contributed by atoms with Crippen LogP contribution < -0.4 is 0 Å². The number of ketones is 1. The number of alkyl halides is 3. The van der Waals surface area contributed by atoms with Crippen LogP contribution in [0.1, 0.15) is 5.56 Å². The van der Waals surface area contributed by atoms with Crippen LogP contribution in [0.2, 0.25) is 5.02 Å². The van der Waals surface area contributed by atoms with Crippen molar-refractivity contribution in [3.05, 3.63) is 40.9 Å². The first-order valence-corrected chi connectivity index (χ1v) is 4.32. The summed E-state index contributed by atoms with van der Waals surface area (Å²) in [5.74, 6) is -1.88. The average molecular weight is 235 g/mol. The summed E-state index contributed by atoms with van der Waals surface area (Å²) in [6.07, 6.45) is -3.24. The Hall–Kier alpha value is -1.29. The van der Waals surface area contributed by atoms with Gasteiger partial charge in [-0.05, 0) is 23.8 Å². The van der Waals surface area contributed by atoms with Crippen LogP contribution in [-0.4, -0.2) is 12.0 Å². The van der Waals surface area contributed by atoms with E-state index in [2.05, 4.69) is 0 Å². The van der Waals surface area contributed by atoms with E-state index < -0.39 is 12.0 Å². The molecule has 0 saturated heterocycles. The predicted molar refractivity (Wildman–Crippen MR) is 51.5 cm³/mol. The third kappa shape index (κ3) is 3.75. The normalized spacial score (nSPS) is 12.0. The van der Waals surface area contributed by atoms with Crippen LogP contribution in [0, 0.1) is 0 Å². The zero-order valence-electron chi connectivity index (χ0n) is 7.38. The van der Waals surface area contributed by atoms with Crippen molar-refractivity contribution in [3.8, 4) is 0 Å². The van der Waals surface area contributed by atoms with Crippen molar-refractivity contribution >= 4 is 23.5 Å². The van der Waals surface area contributed by atoms with Crippen molar-refractivity contribution in [2.75, 3.05) is 0 Å². The highest BCUT2D eigenvalue weighted by Crippen LogP contribution is 2.17. The SMILES string of the molecule is O=C(/C=C\c1ccc(Cl)cc1)C(F)(F)F. The number of carbonyl (C=O) groups excluding carboxylic acids is 1. The Morgan fingerprint density at radius 1 is 1.20 bits per heavy atom. The van der Waals surface area contributed by atoms with Crippen molar-refractivity contribution in [2.45, 2.75) is 6.18 Å². The second kappa shape index (κ2) is 4.49. The highest BCUT2D eigenvalue weighted by atomic mass is 35.5. The van der Waals surface area contributed by atoms with Gasteiger partial charge in [0.2, 0.25) is 0 Å². The van der Waals surface area contributed by atoms with Crippen LogP contribution in [0.4, 0.5) is 13.2 Å². The third-order valence-corrected chi connectivity index (χ3v) is 1.83. The van der Waals surface area contributed by atoms with Crippen molar-refractivity contribution in [3.63, 3.8) is 0 Å². The summed E-state index contributed by atoms with van der Waals surface area (Å²) in [6.45, 7) is 0. The van der Waals surface area contributed by atoms with Gasteiger partial charge in [0.15, 0.2) is 0 Å². The van der Waals surface area contributed by atoms with E-state index in [4.69, 9.17) is 11.6 Å². The second-order valence-corrected chi connectivity index (χ2v) is 3.18. The molecule has 0 aliphatic heterocycles. The van der Waals surface area contributed by atoms with E-state index in [1.807, 2.05) is 0 Å². The molecule has 1 nitrogen and oxygen atoms in total. The van der Waals surface area contributed by atoms with E-state index in [1.165, 1.54) is 24.3 Å². The molecule has 0 amide bonds. The molecular weight excluding hydrogens is 229 g/mol. The van der Waals surface area contributed by atoms with Crippen LogP contribution in [0.25, 0.3) is 6.08 Å². The molecule has 0 fully saturated rings. The van der Waals surface area contributed by atoms with Crippen LogP contribution in [0.5, 0.6) is 0 Å². The Labute approximate surface area is 89.2 Å². The lowest BCUT2D eigenvalue weighted by molar-refractivity contribution is -0.165. The molecule has 0 spiro atoms. The predicted octanol–water partition coefficient (Wildman–Crippen LogP) is 3.48. The molecule has 15 heavy (non-hydrogen) atoms. The Bertz CT molecular complexity index is 379. The quantitative estimate of drug-likeness (QED) is 0.716. The summed E-state index contributed by atoms with van der Waals surface area (Å²) in [5.41, 5.74) is 0.483. The van der Waals surface area contributed by atoms with Crippen LogP contribution in [0.15, 0.2) is 30.3 Å². The summed E-state index contributed by atoms with van der Waals surface area (Å²) in [6, 6.07) is 6.09. The fourth-order valence-electron chi connectivity index (χ4n) is 0.840. The van der Waals surface area contributed by atoms with Gasteiger partial charge < -0.3 is 0 Å². The molecule has 0 N–H and O–H groups in total. The van der Waals surface area contributed by atoms with E-state index in [9.17, 15) is 18.0 Å². The molecule has 0 atom stereocenters. The molecule has 0 aliphatic rings. The van der Waals surface area contributed by atoms with Crippen LogP contribution in [0.3, 0.4) is 0 Å². The number of allylic oxidation sites excluding steroid dienone is 1. The monoisotopic (exact) mass is 234 g/mol. The maximum atomic E-state index is 11.8. The fourth-order valence-corrected chi connectivity index (χ4v) is 0.966. The minimum atomic E-state index is -4.82. The summed E-state index contributed by atoms with van der Waals surface area (Å²) in [4.78, 5) is 10.5. The van der Waals surface area contributed by atoms with E-state index >= 15 is 0 Å². The van der Waals surface area contributed by atoms with Gasteiger partial charge in [-0.3, -0.25) is 4.79 Å². The van der Waals surface area contributed by atoms with Gasteiger partial charge in [0.25, 0.3) is 5.78 Å². The number of hydrogen-bond acceptors (Lipinski definition) is 1. The van der Waals surface area contributed by atoms with Gasteiger partial charge in [-0.15, -0.1) is 0 Å². The van der Waals surface area contributed by atoms with Crippen LogP contribution >= 0.6 is 11.6 Å². The summed E-state index contributed by atoms with van der Waals surface area (Å²) < 4.78 is 35.4. The van der Waals surface area contributed by atoms with Crippen molar-refractivity contribution in [1.29, 1.82) is 0 Å². The molecule has 0 aliphatic carbocycles. The molecule has 0 bridgehead atoms. The fraction of sp³-hybridized carbons (Fsp3) is 0.100. The largest absolute Gasteiger partial charge is 0.454 e. The van der Waals surface area contributed by atoms with Gasteiger partial charge in [0.05, 0.1) is 0 Å². The average Bonchev–Trinajstić information content (AvgIpc) is 2.15. The lowest BCUT2D eigenvalue weighted by atomic mass is 10.2. The number of carbonyl (C=O) groups is 1. The first-order chi connectivity index (χ1) is 6.89. The molecular formula is C10H6ClF3O. The van der Waals surface area contributed by atoms with Crippen molar-refractivity contribution in [1.82, 2.24) is 0 Å². The summed E-state index contributed by atoms with van der Waals surface area (Å²) >= 11 is 5.58. The molecule has 0 heterocycles. The first-order valence-electron chi connectivity index (χ1n) is 3.94. The lowest BCUT2D eigenvalue weighted by Crippen LogP contribution is -2.19. The highest BCUT2D eigenvalue weighted by Gasteiger charge is 2.35. The molecule has 0 radical (unpaired) electrons. The molecule has 1 aromatic rings. The van der Waals surface area contributed by atoms with E-state index in [0.717, 1.165) is 6.08 Å². The van der Waals surface area contributed by atoms with Gasteiger partial charge in [-0.1, -0.05) is 29.8 Å². The number of benzene rings is 1. The van der Waals surface area contributed by atoms with Gasteiger partial charge >= 0.3 is 6.18 Å². The standard InChI is InChI=1S/C10H6ClF3O/c11-8-4-1-7(2-5-8)3-6-9(15)10(12,13)14/h1-6H/b6-3-. The smallest absolute Gasteiger partial charge is 0.285 e. The molecule has 1 rings (SSSR count). The van der Waals surface area contributed by atoms with Crippen molar-refractivity contribution in [2.24, 2.45) is 0 Å². The minimum absolute atomic E-state index is 0.481. The zero-order chi connectivity index (χ0) is 11.5. The molecule has 0 saturated carbocycles.